The van der Waals surface area contributed by atoms with E-state index in [0.717, 1.165) is 27.6 Å². The Morgan fingerprint density at radius 3 is 2.66 bits per heavy atom. The van der Waals surface area contributed by atoms with Crippen molar-refractivity contribution in [1.29, 1.82) is 0 Å². The highest BCUT2D eigenvalue weighted by molar-refractivity contribution is 6.27. The lowest BCUT2D eigenvalue weighted by Crippen LogP contribution is -2.33. The van der Waals surface area contributed by atoms with E-state index in [1.54, 1.807) is 36.7 Å². The van der Waals surface area contributed by atoms with Gasteiger partial charge in [0.1, 0.15) is 18.0 Å². The van der Waals surface area contributed by atoms with Gasteiger partial charge in [-0.25, -0.2) is 14.7 Å². The number of urea groups is 1. The topological polar surface area (TPSA) is 104 Å². The number of rotatable bonds is 5. The molecule has 0 saturated carbocycles. The monoisotopic (exact) mass is 482 g/mol. The molecular weight excluding hydrogens is 465 g/mol. The molecule has 0 radical (unpaired) electrons. The third kappa shape index (κ3) is 4.03. The number of aromatic amines is 1. The largest absolute Gasteiger partial charge is 0.456 e. The maximum Gasteiger partial charge on any atom is 0.417 e. The van der Waals surface area contributed by atoms with E-state index in [4.69, 9.17) is 4.74 Å². The number of alkyl halides is 3. The lowest BCUT2D eigenvalue weighted by atomic mass is 10.1. The second-order valence-corrected chi connectivity index (χ2v) is 7.72. The quantitative estimate of drug-likeness (QED) is 0.414. The second-order valence-electron chi connectivity index (χ2n) is 7.72. The number of carbonyl (C=O) groups is 2. The number of fused-ring (bicyclic) bond motifs is 1. The van der Waals surface area contributed by atoms with Crippen molar-refractivity contribution in [3.05, 3.63) is 66.2 Å². The smallest absolute Gasteiger partial charge is 0.417 e. The first-order valence-electron chi connectivity index (χ1n) is 10.5. The zero-order valence-electron chi connectivity index (χ0n) is 18.2. The number of ether oxygens (including phenoxy) is 1. The predicted octanol–water partition coefficient (Wildman–Crippen LogP) is 4.70. The average Bonchev–Trinajstić information content (AvgIpc) is 3.43. The molecule has 1 aliphatic heterocycles. The van der Waals surface area contributed by atoms with Crippen molar-refractivity contribution in [2.24, 2.45) is 0 Å². The molecule has 0 unspecified atom stereocenters. The van der Waals surface area contributed by atoms with Crippen molar-refractivity contribution < 1.29 is 27.5 Å². The molecule has 1 N–H and O–H groups in total. The summed E-state index contributed by atoms with van der Waals surface area (Å²) in [5, 5.41) is 7.41. The first-order chi connectivity index (χ1) is 16.8. The van der Waals surface area contributed by atoms with Crippen LogP contribution in [0.4, 0.5) is 29.3 Å². The minimum atomic E-state index is -4.63. The number of anilines is 2. The van der Waals surface area contributed by atoms with Gasteiger partial charge in [-0.15, -0.1) is 0 Å². The maximum atomic E-state index is 13.1. The summed E-state index contributed by atoms with van der Waals surface area (Å²) >= 11 is 0. The lowest BCUT2D eigenvalue weighted by molar-refractivity contribution is -0.137. The van der Waals surface area contributed by atoms with Crippen LogP contribution < -0.4 is 14.5 Å². The lowest BCUT2D eigenvalue weighted by Gasteiger charge is -2.19. The number of nitrogens with zero attached hydrogens (tertiary/aromatic N) is 5. The van der Waals surface area contributed by atoms with Crippen LogP contribution in [0.1, 0.15) is 18.1 Å². The Morgan fingerprint density at radius 1 is 1.06 bits per heavy atom. The summed E-state index contributed by atoms with van der Waals surface area (Å²) < 4.78 is 45.3. The van der Waals surface area contributed by atoms with Gasteiger partial charge in [0.2, 0.25) is 0 Å². The highest BCUT2D eigenvalue weighted by Crippen LogP contribution is 2.35. The summed E-state index contributed by atoms with van der Waals surface area (Å²) in [6, 6.07) is 6.55. The molecule has 3 amide bonds. The third-order valence-electron chi connectivity index (χ3n) is 5.55. The number of imide groups is 1. The van der Waals surface area contributed by atoms with Gasteiger partial charge in [-0.3, -0.25) is 19.8 Å². The summed E-state index contributed by atoms with van der Waals surface area (Å²) in [6.07, 6.45) is 0.850. The van der Waals surface area contributed by atoms with Gasteiger partial charge in [0.05, 0.1) is 34.7 Å². The molecular formula is C23H17F3N6O3. The number of nitrogens with one attached hydrogen (secondary N) is 1. The Labute approximate surface area is 196 Å². The van der Waals surface area contributed by atoms with Crippen LogP contribution in [0.15, 0.2) is 55.1 Å². The van der Waals surface area contributed by atoms with Crippen molar-refractivity contribution in [2.75, 3.05) is 16.3 Å². The number of aromatic nitrogens is 4. The molecule has 1 saturated heterocycles. The zero-order valence-corrected chi connectivity index (χ0v) is 18.2. The summed E-state index contributed by atoms with van der Waals surface area (Å²) in [5.74, 6) is 0.475. The third-order valence-corrected chi connectivity index (χ3v) is 5.55. The molecule has 3 aromatic heterocycles. The molecule has 35 heavy (non-hydrogen) atoms. The molecule has 1 aliphatic rings. The minimum absolute atomic E-state index is 0.113. The number of carbonyl (C=O) groups excluding carboxylic acids is 2. The molecule has 0 spiro atoms. The number of halogens is 3. The molecule has 9 nitrogen and oxygen atoms in total. The van der Waals surface area contributed by atoms with Crippen LogP contribution in [0.25, 0.3) is 11.0 Å². The van der Waals surface area contributed by atoms with Crippen LogP contribution in [0, 0.1) is 0 Å². The molecule has 4 heterocycles. The van der Waals surface area contributed by atoms with Gasteiger partial charge in [0, 0.05) is 12.4 Å². The highest BCUT2D eigenvalue weighted by Gasteiger charge is 2.39. The molecule has 12 heteroatoms. The Morgan fingerprint density at radius 2 is 1.89 bits per heavy atom. The maximum absolute atomic E-state index is 13.1. The van der Waals surface area contributed by atoms with E-state index in [0.29, 0.717) is 35.2 Å². The Hall–Kier alpha value is -4.48. The molecule has 178 valence electrons. The van der Waals surface area contributed by atoms with Gasteiger partial charge in [0.25, 0.3) is 5.91 Å². The summed E-state index contributed by atoms with van der Waals surface area (Å²) in [5.41, 5.74) is 0.449. The van der Waals surface area contributed by atoms with Crippen molar-refractivity contribution >= 4 is 34.3 Å². The molecule has 4 aromatic rings. The van der Waals surface area contributed by atoms with Crippen molar-refractivity contribution in [1.82, 2.24) is 20.2 Å². The van der Waals surface area contributed by atoms with E-state index in [-0.39, 0.29) is 11.4 Å². The van der Waals surface area contributed by atoms with Gasteiger partial charge < -0.3 is 4.74 Å². The number of hydrogen-bond acceptors (Lipinski definition) is 6. The van der Waals surface area contributed by atoms with Crippen molar-refractivity contribution in [3.8, 4) is 11.5 Å². The van der Waals surface area contributed by atoms with E-state index >= 15 is 0 Å². The summed E-state index contributed by atoms with van der Waals surface area (Å²) in [7, 11) is 0. The Kier molecular flexibility index (Phi) is 5.35. The van der Waals surface area contributed by atoms with Crippen LogP contribution in [0.5, 0.6) is 11.5 Å². The van der Waals surface area contributed by atoms with E-state index in [9.17, 15) is 22.8 Å². The number of hydrogen-bond donors (Lipinski definition) is 1. The molecule has 0 bridgehead atoms. The molecule has 1 aromatic carbocycles. The first kappa shape index (κ1) is 22.3. The van der Waals surface area contributed by atoms with E-state index in [1.165, 1.54) is 0 Å². The van der Waals surface area contributed by atoms with Gasteiger partial charge in [-0.05, 0) is 42.3 Å². The van der Waals surface area contributed by atoms with Crippen molar-refractivity contribution in [2.45, 2.75) is 19.5 Å². The van der Waals surface area contributed by atoms with Gasteiger partial charge in [-0.1, -0.05) is 6.92 Å². The van der Waals surface area contributed by atoms with Gasteiger partial charge in [0.15, 0.2) is 5.65 Å². The molecule has 5 rings (SSSR count). The van der Waals surface area contributed by atoms with Crippen LogP contribution >= 0.6 is 0 Å². The number of benzene rings is 1. The minimum Gasteiger partial charge on any atom is -0.456 e. The van der Waals surface area contributed by atoms with Crippen molar-refractivity contribution in [3.63, 3.8) is 0 Å². The molecule has 0 atom stereocenters. The van der Waals surface area contributed by atoms with Crippen LogP contribution in [-0.2, 0) is 17.4 Å². The fourth-order valence-electron chi connectivity index (χ4n) is 3.80. The van der Waals surface area contributed by atoms with Crippen LogP contribution in [0.3, 0.4) is 0 Å². The van der Waals surface area contributed by atoms with E-state index in [2.05, 4.69) is 20.2 Å². The second kappa shape index (κ2) is 8.38. The molecule has 0 aliphatic carbocycles. The van der Waals surface area contributed by atoms with Gasteiger partial charge in [-0.2, -0.15) is 18.3 Å². The zero-order chi connectivity index (χ0) is 24.7. The van der Waals surface area contributed by atoms with Gasteiger partial charge >= 0.3 is 12.2 Å². The predicted molar refractivity (Wildman–Crippen MR) is 119 cm³/mol. The first-order valence-corrected chi connectivity index (χ1v) is 10.5. The van der Waals surface area contributed by atoms with E-state index in [1.807, 2.05) is 6.92 Å². The Balaban J connectivity index is 1.44. The fraction of sp³-hybridized carbons (Fsp3) is 0.174. The fourth-order valence-corrected chi connectivity index (χ4v) is 3.80. The standard InChI is InChI=1S/C23H17F3N6O3/c1-2-13-7-15(3-4-18(13)35-19-5-6-28-21-17(19)11-29-30-21)32-20(33)12-31(22(32)34)16-8-14(9-27-10-16)23(24,25)26/h3-11H,2,12H2,1H3,(H,28,29,30). The number of amides is 3. The summed E-state index contributed by atoms with van der Waals surface area (Å²) in [6.45, 7) is 1.48. The average molecular weight is 482 g/mol. The highest BCUT2D eigenvalue weighted by atomic mass is 19.4. The number of H-pyrrole nitrogens is 1. The SMILES string of the molecule is CCc1cc(N2C(=O)CN(c3cncc(C(F)(F)F)c3)C2=O)ccc1Oc1ccnc2[nH]ncc12. The van der Waals surface area contributed by atoms with Crippen LogP contribution in [0.2, 0.25) is 0 Å². The van der Waals surface area contributed by atoms with E-state index < -0.39 is 30.2 Å². The number of aryl methyl sites for hydroxylation is 1. The van der Waals surface area contributed by atoms with Crippen LogP contribution in [-0.4, -0.2) is 38.6 Å². The number of pyridine rings is 2. The Bertz CT molecular complexity index is 1450. The molecule has 1 fully saturated rings. The summed E-state index contributed by atoms with van der Waals surface area (Å²) in [4.78, 5) is 35.4. The normalized spacial score (nSPS) is 14.3.